The molecule has 7 nitrogen and oxygen atoms in total. The first kappa shape index (κ1) is 23.7. The first-order valence-electron chi connectivity index (χ1n) is 11.0. The highest BCUT2D eigenvalue weighted by Gasteiger charge is 2.34. The molecule has 0 saturated carbocycles. The second-order valence-corrected chi connectivity index (χ2v) is 8.48. The molecule has 0 radical (unpaired) electrons. The average molecular weight is 442 g/mol. The highest BCUT2D eigenvalue weighted by molar-refractivity contribution is 5.74. The van der Waals surface area contributed by atoms with Crippen LogP contribution in [-0.2, 0) is 13.0 Å². The molecule has 0 fully saturated rings. The van der Waals surface area contributed by atoms with Crippen molar-refractivity contribution in [1.82, 2.24) is 15.5 Å². The maximum atomic E-state index is 12.5. The summed E-state index contributed by atoms with van der Waals surface area (Å²) in [6.07, 6.45) is 0.890. The molecule has 1 aliphatic rings. The van der Waals surface area contributed by atoms with Crippen LogP contribution in [0.15, 0.2) is 36.4 Å². The SMILES string of the molecule is COc1cccc(CN2CCc3cc(OC)c(OC)cc3C2C(C)NC(=O)NC(C)C)c1. The third-order valence-electron chi connectivity index (χ3n) is 5.80. The number of rotatable bonds is 8. The largest absolute Gasteiger partial charge is 0.497 e. The van der Waals surface area contributed by atoms with Gasteiger partial charge in [0.15, 0.2) is 11.5 Å². The van der Waals surface area contributed by atoms with Crippen LogP contribution >= 0.6 is 0 Å². The van der Waals surface area contributed by atoms with Crippen LogP contribution in [-0.4, -0.2) is 50.9 Å². The number of nitrogens with one attached hydrogen (secondary N) is 2. The summed E-state index contributed by atoms with van der Waals surface area (Å²) in [5.74, 6) is 2.26. The van der Waals surface area contributed by atoms with Crippen LogP contribution in [0.2, 0.25) is 0 Å². The molecule has 1 heterocycles. The molecule has 2 unspecified atom stereocenters. The van der Waals surface area contributed by atoms with Crippen molar-refractivity contribution in [1.29, 1.82) is 0 Å². The number of amides is 2. The molecule has 2 aromatic carbocycles. The average Bonchev–Trinajstić information content (AvgIpc) is 2.77. The van der Waals surface area contributed by atoms with Crippen molar-refractivity contribution in [3.05, 3.63) is 53.1 Å². The fraction of sp³-hybridized carbons (Fsp3) is 0.480. The van der Waals surface area contributed by atoms with Gasteiger partial charge >= 0.3 is 6.03 Å². The van der Waals surface area contributed by atoms with E-state index in [2.05, 4.69) is 46.7 Å². The Bertz CT molecular complexity index is 931. The molecular weight excluding hydrogens is 406 g/mol. The van der Waals surface area contributed by atoms with Crippen LogP contribution < -0.4 is 24.8 Å². The number of nitrogens with zero attached hydrogens (tertiary/aromatic N) is 1. The molecule has 1 aliphatic heterocycles. The maximum Gasteiger partial charge on any atom is 0.315 e. The van der Waals surface area contributed by atoms with E-state index in [0.29, 0.717) is 5.75 Å². The summed E-state index contributed by atoms with van der Waals surface area (Å²) in [7, 11) is 4.98. The van der Waals surface area contributed by atoms with Crippen LogP contribution in [0, 0.1) is 0 Å². The molecule has 7 heteroatoms. The van der Waals surface area contributed by atoms with Crippen molar-refractivity contribution >= 4 is 6.03 Å². The normalized spacial score (nSPS) is 16.8. The molecule has 0 saturated heterocycles. The van der Waals surface area contributed by atoms with E-state index in [0.717, 1.165) is 42.1 Å². The van der Waals surface area contributed by atoms with E-state index in [1.807, 2.05) is 26.0 Å². The summed E-state index contributed by atoms with van der Waals surface area (Å²) in [5.41, 5.74) is 3.53. The van der Waals surface area contributed by atoms with Gasteiger partial charge in [0.05, 0.1) is 27.4 Å². The van der Waals surface area contributed by atoms with Crippen LogP contribution in [0.4, 0.5) is 4.79 Å². The predicted molar refractivity (Wildman–Crippen MR) is 126 cm³/mol. The van der Waals surface area contributed by atoms with Crippen LogP contribution in [0.3, 0.4) is 0 Å². The molecule has 0 spiro atoms. The summed E-state index contributed by atoms with van der Waals surface area (Å²) in [4.78, 5) is 14.9. The summed E-state index contributed by atoms with van der Waals surface area (Å²) < 4.78 is 16.5. The van der Waals surface area contributed by atoms with Crippen LogP contribution in [0.1, 0.15) is 43.5 Å². The van der Waals surface area contributed by atoms with Gasteiger partial charge in [0.2, 0.25) is 0 Å². The maximum absolute atomic E-state index is 12.5. The molecule has 2 N–H and O–H groups in total. The Morgan fingerprint density at radius 2 is 1.75 bits per heavy atom. The predicted octanol–water partition coefficient (Wildman–Crippen LogP) is 3.91. The Hall–Kier alpha value is -2.93. The van der Waals surface area contributed by atoms with E-state index in [1.165, 1.54) is 5.56 Å². The van der Waals surface area contributed by atoms with Crippen LogP contribution in [0.25, 0.3) is 0 Å². The number of fused-ring (bicyclic) bond motifs is 1. The number of hydrogen-bond donors (Lipinski definition) is 2. The summed E-state index contributed by atoms with van der Waals surface area (Å²) in [6.45, 7) is 7.56. The van der Waals surface area contributed by atoms with Gasteiger partial charge in [-0.1, -0.05) is 12.1 Å². The number of carbonyl (C=O) groups is 1. The van der Waals surface area contributed by atoms with E-state index in [9.17, 15) is 4.79 Å². The van der Waals surface area contributed by atoms with Crippen molar-refractivity contribution < 1.29 is 19.0 Å². The fourth-order valence-electron chi connectivity index (χ4n) is 4.39. The van der Waals surface area contributed by atoms with Gasteiger partial charge in [0.1, 0.15) is 5.75 Å². The first-order valence-corrected chi connectivity index (χ1v) is 11.0. The topological polar surface area (TPSA) is 72.1 Å². The van der Waals surface area contributed by atoms with Crippen molar-refractivity contribution in [2.75, 3.05) is 27.9 Å². The Kier molecular flexibility index (Phi) is 7.85. The minimum atomic E-state index is -0.165. The second-order valence-electron chi connectivity index (χ2n) is 8.48. The number of carbonyl (C=O) groups excluding carboxylic acids is 1. The summed E-state index contributed by atoms with van der Waals surface area (Å²) >= 11 is 0. The highest BCUT2D eigenvalue weighted by Crippen LogP contribution is 2.40. The molecule has 2 aromatic rings. The number of methoxy groups -OCH3 is 3. The third-order valence-corrected chi connectivity index (χ3v) is 5.80. The third kappa shape index (κ3) is 5.46. The number of urea groups is 1. The standard InChI is InChI=1S/C25H35N3O4/c1-16(2)26-25(29)27-17(3)24-21-14-23(32-6)22(31-5)13-19(21)10-11-28(24)15-18-8-7-9-20(12-18)30-4/h7-9,12-14,16-17,24H,10-11,15H2,1-6H3,(H2,26,27,29). The zero-order valence-corrected chi connectivity index (χ0v) is 19.9. The van der Waals surface area contributed by atoms with Gasteiger partial charge in [0.25, 0.3) is 0 Å². The van der Waals surface area contributed by atoms with Gasteiger partial charge in [-0.15, -0.1) is 0 Å². The molecule has 3 rings (SSSR count). The fourth-order valence-corrected chi connectivity index (χ4v) is 4.39. The van der Waals surface area contributed by atoms with Crippen molar-refractivity contribution in [3.63, 3.8) is 0 Å². The molecule has 174 valence electrons. The Labute approximate surface area is 191 Å². The quantitative estimate of drug-likeness (QED) is 0.650. The minimum absolute atomic E-state index is 0.0253. The molecule has 0 aromatic heterocycles. The lowest BCUT2D eigenvalue weighted by Crippen LogP contribution is -2.50. The number of hydrogen-bond acceptors (Lipinski definition) is 5. The summed E-state index contributed by atoms with van der Waals surface area (Å²) in [6, 6.07) is 12.0. The van der Waals surface area contributed by atoms with E-state index >= 15 is 0 Å². The van der Waals surface area contributed by atoms with E-state index < -0.39 is 0 Å². The van der Waals surface area contributed by atoms with Crippen molar-refractivity contribution in [2.45, 2.75) is 51.9 Å². The van der Waals surface area contributed by atoms with Gasteiger partial charge < -0.3 is 24.8 Å². The van der Waals surface area contributed by atoms with Crippen LogP contribution in [0.5, 0.6) is 17.2 Å². The molecular formula is C25H35N3O4. The van der Waals surface area contributed by atoms with E-state index in [-0.39, 0.29) is 24.2 Å². The van der Waals surface area contributed by atoms with Crippen molar-refractivity contribution in [3.8, 4) is 17.2 Å². The smallest absolute Gasteiger partial charge is 0.315 e. The van der Waals surface area contributed by atoms with E-state index in [4.69, 9.17) is 14.2 Å². The van der Waals surface area contributed by atoms with Gasteiger partial charge in [-0.25, -0.2) is 4.79 Å². The Balaban J connectivity index is 1.96. The minimum Gasteiger partial charge on any atom is -0.497 e. The zero-order valence-electron chi connectivity index (χ0n) is 19.9. The monoisotopic (exact) mass is 441 g/mol. The van der Waals surface area contributed by atoms with Gasteiger partial charge in [-0.05, 0) is 68.1 Å². The lowest BCUT2D eigenvalue weighted by molar-refractivity contribution is 0.143. The summed E-state index contributed by atoms with van der Waals surface area (Å²) in [5, 5.41) is 6.07. The molecule has 2 atom stereocenters. The van der Waals surface area contributed by atoms with Crippen molar-refractivity contribution in [2.24, 2.45) is 0 Å². The Morgan fingerprint density at radius 1 is 1.03 bits per heavy atom. The first-order chi connectivity index (χ1) is 15.4. The number of benzene rings is 2. The lowest BCUT2D eigenvalue weighted by atomic mass is 9.87. The zero-order chi connectivity index (χ0) is 23.3. The molecule has 2 amide bonds. The second kappa shape index (κ2) is 10.6. The molecule has 0 bridgehead atoms. The number of ether oxygens (including phenoxy) is 3. The van der Waals surface area contributed by atoms with Gasteiger partial charge in [-0.3, -0.25) is 4.90 Å². The Morgan fingerprint density at radius 3 is 2.41 bits per heavy atom. The lowest BCUT2D eigenvalue weighted by Gasteiger charge is -2.41. The highest BCUT2D eigenvalue weighted by atomic mass is 16.5. The van der Waals surface area contributed by atoms with Gasteiger partial charge in [-0.2, -0.15) is 0 Å². The molecule has 0 aliphatic carbocycles. The van der Waals surface area contributed by atoms with Gasteiger partial charge in [0, 0.05) is 25.2 Å². The molecule has 32 heavy (non-hydrogen) atoms. The van der Waals surface area contributed by atoms with E-state index in [1.54, 1.807) is 21.3 Å².